The summed E-state index contributed by atoms with van der Waals surface area (Å²) in [6, 6.07) is -3.20. The molecule has 9 N–H and O–H groups in total. The van der Waals surface area contributed by atoms with E-state index in [0.29, 0.717) is 0 Å². The third kappa shape index (κ3) is 6.27. The van der Waals surface area contributed by atoms with Gasteiger partial charge in [0.15, 0.2) is 5.82 Å². The molecule has 0 saturated carbocycles. The molecule has 4 amide bonds. The second kappa shape index (κ2) is 8.42. The highest BCUT2D eigenvalue weighted by atomic mass is 16.5. The summed E-state index contributed by atoms with van der Waals surface area (Å²) in [7, 11) is 0. The Kier molecular flexibility index (Phi) is 6.61. The zero-order valence-electron chi connectivity index (χ0n) is 12.4. The van der Waals surface area contributed by atoms with Gasteiger partial charge in [0.1, 0.15) is 6.04 Å². The standard InChI is InChI=1S/C11H17N7O6/c12-4(1-6(13)19)9-17-8(24-18-9)3-15-11(23)16-5(10(21)22)2-7(14)20/h4-5H,1-3,12H2,(H2,13,19)(H2,14,20)(H,21,22)(H2,15,16,23). The van der Waals surface area contributed by atoms with Crippen molar-refractivity contribution in [2.24, 2.45) is 17.2 Å². The van der Waals surface area contributed by atoms with E-state index >= 15 is 0 Å². The van der Waals surface area contributed by atoms with E-state index in [4.69, 9.17) is 26.8 Å². The van der Waals surface area contributed by atoms with Crippen molar-refractivity contribution in [2.45, 2.75) is 31.5 Å². The number of aromatic nitrogens is 2. The molecule has 13 heteroatoms. The summed E-state index contributed by atoms with van der Waals surface area (Å²) in [5.41, 5.74) is 15.5. The van der Waals surface area contributed by atoms with E-state index in [1.54, 1.807) is 0 Å². The smallest absolute Gasteiger partial charge is 0.326 e. The maximum atomic E-state index is 11.6. The Morgan fingerprint density at radius 3 is 2.33 bits per heavy atom. The van der Waals surface area contributed by atoms with E-state index in [-0.39, 0.29) is 24.7 Å². The van der Waals surface area contributed by atoms with Crippen molar-refractivity contribution in [1.82, 2.24) is 20.8 Å². The van der Waals surface area contributed by atoms with Gasteiger partial charge in [0.05, 0.1) is 19.0 Å². The Balaban J connectivity index is 2.52. The SMILES string of the molecule is NC(=O)CC(NC(=O)NCc1nc(C(N)CC(N)=O)no1)C(=O)O. The van der Waals surface area contributed by atoms with Crippen LogP contribution in [-0.4, -0.2) is 45.1 Å². The van der Waals surface area contributed by atoms with Crippen LogP contribution in [0.4, 0.5) is 4.79 Å². The lowest BCUT2D eigenvalue weighted by Gasteiger charge is -2.12. The summed E-state index contributed by atoms with van der Waals surface area (Å²) in [6.07, 6.45) is -0.740. The van der Waals surface area contributed by atoms with E-state index in [2.05, 4.69) is 15.5 Å². The first-order chi connectivity index (χ1) is 11.2. The fourth-order valence-corrected chi connectivity index (χ4v) is 1.56. The summed E-state index contributed by atoms with van der Waals surface area (Å²) in [6.45, 7) is -0.231. The molecule has 0 aliphatic carbocycles. The molecule has 0 fully saturated rings. The number of amides is 4. The van der Waals surface area contributed by atoms with Gasteiger partial charge in [-0.1, -0.05) is 5.16 Å². The Morgan fingerprint density at radius 2 is 1.79 bits per heavy atom. The van der Waals surface area contributed by atoms with Crippen molar-refractivity contribution in [3.63, 3.8) is 0 Å². The molecule has 0 aromatic carbocycles. The van der Waals surface area contributed by atoms with E-state index in [1.807, 2.05) is 5.32 Å². The second-order valence-corrected chi connectivity index (χ2v) is 4.71. The largest absolute Gasteiger partial charge is 0.480 e. The number of primary amides is 2. The Morgan fingerprint density at radius 1 is 1.17 bits per heavy atom. The molecular formula is C11H17N7O6. The van der Waals surface area contributed by atoms with Crippen molar-refractivity contribution in [2.75, 3.05) is 0 Å². The number of nitrogens with zero attached hydrogens (tertiary/aromatic N) is 2. The molecule has 0 aliphatic heterocycles. The zero-order valence-corrected chi connectivity index (χ0v) is 12.4. The molecule has 1 aromatic rings. The van der Waals surface area contributed by atoms with Crippen molar-refractivity contribution < 1.29 is 28.8 Å². The molecule has 1 aromatic heterocycles. The minimum absolute atomic E-state index is 0.0261. The van der Waals surface area contributed by atoms with Gasteiger partial charge in [-0.15, -0.1) is 0 Å². The van der Waals surface area contributed by atoms with Crippen molar-refractivity contribution in [3.8, 4) is 0 Å². The average molecular weight is 343 g/mol. The lowest BCUT2D eigenvalue weighted by Crippen LogP contribution is -2.47. The number of aliphatic carboxylic acids is 1. The quantitative estimate of drug-likeness (QED) is 0.269. The van der Waals surface area contributed by atoms with Crippen molar-refractivity contribution in [1.29, 1.82) is 0 Å². The third-order valence-corrected chi connectivity index (χ3v) is 2.65. The molecule has 1 heterocycles. The van der Waals surface area contributed by atoms with Crippen LogP contribution in [0.15, 0.2) is 4.52 Å². The number of carbonyl (C=O) groups is 4. The van der Waals surface area contributed by atoms with Crippen LogP contribution in [0.2, 0.25) is 0 Å². The molecule has 0 radical (unpaired) electrons. The average Bonchev–Trinajstić information content (AvgIpc) is 2.92. The first-order valence-corrected chi connectivity index (χ1v) is 6.61. The highest BCUT2D eigenvalue weighted by Crippen LogP contribution is 2.09. The predicted molar refractivity (Wildman–Crippen MR) is 75.6 cm³/mol. The van der Waals surface area contributed by atoms with Gasteiger partial charge >= 0.3 is 12.0 Å². The lowest BCUT2D eigenvalue weighted by molar-refractivity contribution is -0.140. The Bertz CT molecular complexity index is 630. The molecule has 132 valence electrons. The molecule has 13 nitrogen and oxygen atoms in total. The summed E-state index contributed by atoms with van der Waals surface area (Å²) in [4.78, 5) is 47.8. The van der Waals surface area contributed by atoms with E-state index < -0.39 is 42.3 Å². The van der Waals surface area contributed by atoms with Crippen molar-refractivity contribution >= 4 is 23.8 Å². The van der Waals surface area contributed by atoms with Crippen LogP contribution in [0.25, 0.3) is 0 Å². The minimum atomic E-state index is -1.47. The van der Waals surface area contributed by atoms with Crippen LogP contribution in [0.3, 0.4) is 0 Å². The van der Waals surface area contributed by atoms with Gasteiger partial charge in [0.25, 0.3) is 0 Å². The summed E-state index contributed by atoms with van der Waals surface area (Å²) in [5, 5.41) is 16.7. The van der Waals surface area contributed by atoms with Gasteiger partial charge in [-0.25, -0.2) is 9.59 Å². The lowest BCUT2D eigenvalue weighted by atomic mass is 10.2. The molecule has 0 saturated heterocycles. The number of nitrogens with two attached hydrogens (primary N) is 3. The van der Waals surface area contributed by atoms with Gasteiger partial charge in [-0.2, -0.15) is 4.98 Å². The second-order valence-electron chi connectivity index (χ2n) is 4.71. The van der Waals surface area contributed by atoms with Crippen LogP contribution in [0, 0.1) is 0 Å². The molecule has 24 heavy (non-hydrogen) atoms. The van der Waals surface area contributed by atoms with Crippen molar-refractivity contribution in [3.05, 3.63) is 11.7 Å². The van der Waals surface area contributed by atoms with Gasteiger partial charge < -0.3 is 37.5 Å². The number of nitrogens with one attached hydrogen (secondary N) is 2. The van der Waals surface area contributed by atoms with E-state index in [0.717, 1.165) is 0 Å². The predicted octanol–water partition coefficient (Wildman–Crippen LogP) is -2.93. The number of urea groups is 1. The molecule has 0 aliphatic rings. The number of carboxylic acid groups (broad SMARTS) is 1. The van der Waals surface area contributed by atoms with Gasteiger partial charge in [0.2, 0.25) is 17.7 Å². The Hall–Kier alpha value is -3.22. The highest BCUT2D eigenvalue weighted by molar-refractivity contribution is 5.87. The molecular weight excluding hydrogens is 326 g/mol. The molecule has 0 spiro atoms. The number of carbonyl (C=O) groups excluding carboxylic acids is 3. The summed E-state index contributed by atoms with van der Waals surface area (Å²) < 4.78 is 4.81. The molecule has 2 atom stereocenters. The first kappa shape index (κ1) is 18.8. The number of hydrogen-bond donors (Lipinski definition) is 6. The maximum Gasteiger partial charge on any atom is 0.326 e. The fraction of sp³-hybridized carbons (Fsp3) is 0.455. The van der Waals surface area contributed by atoms with Crippen LogP contribution in [-0.2, 0) is 20.9 Å². The highest BCUT2D eigenvalue weighted by Gasteiger charge is 2.22. The van der Waals surface area contributed by atoms with Crippen LogP contribution in [0.1, 0.15) is 30.6 Å². The van der Waals surface area contributed by atoms with E-state index in [1.165, 1.54) is 0 Å². The third-order valence-electron chi connectivity index (χ3n) is 2.65. The summed E-state index contributed by atoms with van der Waals surface area (Å²) >= 11 is 0. The monoisotopic (exact) mass is 343 g/mol. The number of carboxylic acids is 1. The fourth-order valence-electron chi connectivity index (χ4n) is 1.56. The first-order valence-electron chi connectivity index (χ1n) is 6.61. The Labute approximate surface area is 134 Å². The molecule has 1 rings (SSSR count). The van der Waals surface area contributed by atoms with Crippen LogP contribution >= 0.6 is 0 Å². The number of rotatable bonds is 9. The van der Waals surface area contributed by atoms with Gasteiger partial charge in [0, 0.05) is 6.42 Å². The topological polar surface area (TPSA) is 230 Å². The van der Waals surface area contributed by atoms with Crippen LogP contribution < -0.4 is 27.8 Å². The minimum Gasteiger partial charge on any atom is -0.480 e. The van der Waals surface area contributed by atoms with Gasteiger partial charge in [-0.3, -0.25) is 9.59 Å². The van der Waals surface area contributed by atoms with E-state index in [9.17, 15) is 19.2 Å². The molecule has 2 unspecified atom stereocenters. The summed E-state index contributed by atoms with van der Waals surface area (Å²) in [5.74, 6) is -2.93. The zero-order chi connectivity index (χ0) is 18.3. The maximum absolute atomic E-state index is 11.6. The molecule has 0 bridgehead atoms. The van der Waals surface area contributed by atoms with Crippen LogP contribution in [0.5, 0.6) is 0 Å². The normalized spacial score (nSPS) is 12.9. The number of hydrogen-bond acceptors (Lipinski definition) is 8. The van der Waals surface area contributed by atoms with Gasteiger partial charge in [-0.05, 0) is 0 Å².